The lowest BCUT2D eigenvalue weighted by atomic mass is 9.79. The molecule has 0 spiro atoms. The molecule has 0 bridgehead atoms. The molecule has 1 aromatic rings. The molecule has 5 nitrogen and oxygen atoms in total. The highest BCUT2D eigenvalue weighted by molar-refractivity contribution is 7.87. The predicted octanol–water partition coefficient (Wildman–Crippen LogP) is 0.00360. The van der Waals surface area contributed by atoms with Crippen molar-refractivity contribution in [3.05, 3.63) is 35.4 Å². The molecular weight excluding hydrogens is 240 g/mol. The topological polar surface area (TPSA) is 92.4 Å². The monoisotopic (exact) mass is 256 g/mol. The molecule has 1 aliphatic rings. The third-order valence-electron chi connectivity index (χ3n) is 3.12. The molecule has 0 saturated carbocycles. The average molecular weight is 256 g/mol. The third kappa shape index (κ3) is 2.84. The van der Waals surface area contributed by atoms with Gasteiger partial charge in [-0.1, -0.05) is 24.3 Å². The zero-order valence-electron chi connectivity index (χ0n) is 9.39. The van der Waals surface area contributed by atoms with E-state index in [1.54, 1.807) is 0 Å². The van der Waals surface area contributed by atoms with Crippen molar-refractivity contribution in [1.82, 2.24) is 4.72 Å². The van der Waals surface area contributed by atoms with Gasteiger partial charge in [0, 0.05) is 6.54 Å². The minimum Gasteiger partial charge on any atom is -0.384 e. The molecule has 6 heteroatoms. The quantitative estimate of drug-likeness (QED) is 0.711. The molecule has 1 aliphatic carbocycles. The van der Waals surface area contributed by atoms with E-state index in [9.17, 15) is 13.5 Å². The van der Waals surface area contributed by atoms with Crippen LogP contribution in [0, 0.1) is 0 Å². The maximum Gasteiger partial charge on any atom is 0.274 e. The summed E-state index contributed by atoms with van der Waals surface area (Å²) in [6, 6.07) is 7.54. The zero-order chi connectivity index (χ0) is 12.5. The Morgan fingerprint density at radius 3 is 2.82 bits per heavy atom. The van der Waals surface area contributed by atoms with Crippen LogP contribution in [0.5, 0.6) is 0 Å². The molecule has 1 atom stereocenters. The molecule has 4 N–H and O–H groups in total. The SMILES string of the molecule is NS(=O)(=O)NCC1(O)CCCc2ccccc21. The summed E-state index contributed by atoms with van der Waals surface area (Å²) in [6.45, 7) is -0.0805. The molecule has 94 valence electrons. The van der Waals surface area contributed by atoms with Crippen molar-refractivity contribution in [2.75, 3.05) is 6.54 Å². The van der Waals surface area contributed by atoms with Crippen LogP contribution in [0.1, 0.15) is 24.0 Å². The fraction of sp³-hybridized carbons (Fsp3) is 0.455. The van der Waals surface area contributed by atoms with Gasteiger partial charge in [0.05, 0.1) is 0 Å². The molecule has 1 unspecified atom stereocenters. The molecule has 2 rings (SSSR count). The second kappa shape index (κ2) is 4.38. The van der Waals surface area contributed by atoms with Gasteiger partial charge in [-0.05, 0) is 30.4 Å². The van der Waals surface area contributed by atoms with E-state index in [4.69, 9.17) is 5.14 Å². The van der Waals surface area contributed by atoms with Crippen LogP contribution in [-0.2, 0) is 22.2 Å². The first-order valence-corrected chi connectivity index (χ1v) is 7.03. The summed E-state index contributed by atoms with van der Waals surface area (Å²) in [5, 5.41) is 15.4. The average Bonchev–Trinajstić information content (AvgIpc) is 2.27. The number of benzene rings is 1. The van der Waals surface area contributed by atoms with Crippen LogP contribution in [-0.4, -0.2) is 20.1 Å². The summed E-state index contributed by atoms with van der Waals surface area (Å²) in [5.41, 5.74) is 0.709. The van der Waals surface area contributed by atoms with Crippen LogP contribution < -0.4 is 9.86 Å². The van der Waals surface area contributed by atoms with Crippen molar-refractivity contribution in [3.63, 3.8) is 0 Å². The second-order valence-corrected chi connectivity index (χ2v) is 5.79. The van der Waals surface area contributed by atoms with E-state index in [2.05, 4.69) is 4.72 Å². The number of nitrogens with two attached hydrogens (primary N) is 1. The first kappa shape index (κ1) is 12.5. The highest BCUT2D eigenvalue weighted by atomic mass is 32.2. The van der Waals surface area contributed by atoms with Crippen molar-refractivity contribution in [2.45, 2.75) is 24.9 Å². The normalized spacial score (nSPS) is 24.4. The van der Waals surface area contributed by atoms with Crippen molar-refractivity contribution < 1.29 is 13.5 Å². The molecule has 0 amide bonds. The van der Waals surface area contributed by atoms with Crippen molar-refractivity contribution >= 4 is 10.2 Å². The smallest absolute Gasteiger partial charge is 0.274 e. The van der Waals surface area contributed by atoms with Gasteiger partial charge in [-0.2, -0.15) is 13.1 Å². The fourth-order valence-electron chi connectivity index (χ4n) is 2.30. The van der Waals surface area contributed by atoms with Crippen LogP contribution in [0.15, 0.2) is 24.3 Å². The Balaban J connectivity index is 2.27. The summed E-state index contributed by atoms with van der Waals surface area (Å²) < 4.78 is 23.9. The van der Waals surface area contributed by atoms with Crippen LogP contribution >= 0.6 is 0 Å². The Morgan fingerprint density at radius 2 is 2.12 bits per heavy atom. The number of rotatable bonds is 3. The predicted molar refractivity (Wildman–Crippen MR) is 64.4 cm³/mol. The van der Waals surface area contributed by atoms with Crippen LogP contribution in [0.4, 0.5) is 0 Å². The second-order valence-electron chi connectivity index (χ2n) is 4.41. The summed E-state index contributed by atoms with van der Waals surface area (Å²) in [7, 11) is -3.77. The molecule has 0 radical (unpaired) electrons. The van der Waals surface area contributed by atoms with Gasteiger partial charge in [0.15, 0.2) is 0 Å². The Morgan fingerprint density at radius 1 is 1.41 bits per heavy atom. The van der Waals surface area contributed by atoms with Gasteiger partial charge in [0.2, 0.25) is 0 Å². The number of fused-ring (bicyclic) bond motifs is 1. The summed E-state index contributed by atoms with van der Waals surface area (Å²) in [6.07, 6.45) is 2.28. The number of nitrogens with one attached hydrogen (secondary N) is 1. The first-order chi connectivity index (χ1) is 7.91. The molecular formula is C11H16N2O3S. The van der Waals surface area contributed by atoms with Gasteiger partial charge >= 0.3 is 0 Å². The van der Waals surface area contributed by atoms with Crippen LogP contribution in [0.3, 0.4) is 0 Å². The minimum atomic E-state index is -3.77. The Labute approximate surface area is 101 Å². The molecule has 17 heavy (non-hydrogen) atoms. The van der Waals surface area contributed by atoms with Gasteiger partial charge in [0.1, 0.15) is 5.60 Å². The van der Waals surface area contributed by atoms with Gasteiger partial charge in [-0.25, -0.2) is 5.14 Å². The lowest BCUT2D eigenvalue weighted by molar-refractivity contribution is 0.0243. The highest BCUT2D eigenvalue weighted by Crippen LogP contribution is 2.34. The van der Waals surface area contributed by atoms with Gasteiger partial charge in [0.25, 0.3) is 10.2 Å². The molecule has 0 fully saturated rings. The maximum absolute atomic E-state index is 10.9. The zero-order valence-corrected chi connectivity index (χ0v) is 10.2. The van der Waals surface area contributed by atoms with Crippen molar-refractivity contribution in [1.29, 1.82) is 0 Å². The first-order valence-electron chi connectivity index (χ1n) is 5.49. The van der Waals surface area contributed by atoms with Crippen LogP contribution in [0.25, 0.3) is 0 Å². The molecule has 0 saturated heterocycles. The molecule has 0 heterocycles. The van der Waals surface area contributed by atoms with E-state index in [1.807, 2.05) is 24.3 Å². The summed E-state index contributed by atoms with van der Waals surface area (Å²) in [5.74, 6) is 0. The Hall–Kier alpha value is -0.950. The number of aryl methyl sites for hydroxylation is 1. The van der Waals surface area contributed by atoms with Gasteiger partial charge in [-0.15, -0.1) is 0 Å². The van der Waals surface area contributed by atoms with E-state index in [1.165, 1.54) is 0 Å². The molecule has 0 aromatic heterocycles. The van der Waals surface area contributed by atoms with Gasteiger partial charge in [-0.3, -0.25) is 0 Å². The summed E-state index contributed by atoms with van der Waals surface area (Å²) in [4.78, 5) is 0. The number of hydrogen-bond donors (Lipinski definition) is 3. The maximum atomic E-state index is 10.9. The lowest BCUT2D eigenvalue weighted by Crippen LogP contribution is -2.44. The van der Waals surface area contributed by atoms with E-state index in [-0.39, 0.29) is 6.54 Å². The number of hydrogen-bond acceptors (Lipinski definition) is 3. The fourth-order valence-corrected chi connectivity index (χ4v) is 2.74. The Bertz CT molecular complexity index is 515. The lowest BCUT2D eigenvalue weighted by Gasteiger charge is -2.34. The molecule has 1 aromatic carbocycles. The molecule has 0 aliphatic heterocycles. The Kier molecular flexibility index (Phi) is 3.22. The van der Waals surface area contributed by atoms with E-state index in [0.29, 0.717) is 6.42 Å². The van der Waals surface area contributed by atoms with Crippen molar-refractivity contribution in [3.8, 4) is 0 Å². The van der Waals surface area contributed by atoms with Gasteiger partial charge < -0.3 is 5.11 Å². The highest BCUT2D eigenvalue weighted by Gasteiger charge is 2.34. The van der Waals surface area contributed by atoms with E-state index < -0.39 is 15.8 Å². The van der Waals surface area contributed by atoms with E-state index >= 15 is 0 Å². The number of aliphatic hydroxyl groups is 1. The van der Waals surface area contributed by atoms with E-state index in [0.717, 1.165) is 24.0 Å². The third-order valence-corrected chi connectivity index (χ3v) is 3.67. The minimum absolute atomic E-state index is 0.0805. The van der Waals surface area contributed by atoms with Crippen molar-refractivity contribution in [2.24, 2.45) is 5.14 Å². The standard InChI is InChI=1S/C11H16N2O3S/c12-17(15,16)13-8-11(14)7-3-5-9-4-1-2-6-10(9)11/h1-2,4,6,13-14H,3,5,7-8H2,(H2,12,15,16). The van der Waals surface area contributed by atoms with Crippen LogP contribution in [0.2, 0.25) is 0 Å². The summed E-state index contributed by atoms with van der Waals surface area (Å²) >= 11 is 0. The largest absolute Gasteiger partial charge is 0.384 e.